The van der Waals surface area contributed by atoms with E-state index < -0.39 is 31.1 Å². The van der Waals surface area contributed by atoms with Crippen molar-refractivity contribution in [2.24, 2.45) is 5.16 Å². The molecule has 0 bridgehead atoms. The highest BCUT2D eigenvalue weighted by Gasteiger charge is 2.44. The minimum Gasteiger partial charge on any atom is -0.399 e. The number of aliphatic hydroxyl groups is 2. The Morgan fingerprint density at radius 3 is 2.85 bits per heavy atom. The number of carbonyl (C=O) groups excluding carboxylic acids is 2. The summed E-state index contributed by atoms with van der Waals surface area (Å²) in [5, 5.41) is 25.0. The van der Waals surface area contributed by atoms with Crippen LogP contribution < -0.4 is 5.32 Å². The predicted molar refractivity (Wildman–Crippen MR) is 67.7 cm³/mol. The van der Waals surface area contributed by atoms with Crippen molar-refractivity contribution in [3.05, 3.63) is 12.3 Å². The average Bonchev–Trinajstić information content (AvgIpc) is 2.76. The Morgan fingerprint density at radius 2 is 2.35 bits per heavy atom. The lowest BCUT2D eigenvalue weighted by Gasteiger charge is -2.24. The molecule has 3 atom stereocenters. The number of ether oxygens (including phenoxy) is 1. The van der Waals surface area contributed by atoms with E-state index in [0.29, 0.717) is 6.29 Å². The number of urea groups is 1. The Morgan fingerprint density at radius 1 is 1.65 bits per heavy atom. The lowest BCUT2D eigenvalue weighted by atomic mass is 10.1. The fourth-order valence-electron chi connectivity index (χ4n) is 1.71. The van der Waals surface area contributed by atoms with Crippen LogP contribution in [0.15, 0.2) is 17.4 Å². The molecule has 0 aromatic heterocycles. The van der Waals surface area contributed by atoms with Gasteiger partial charge in [-0.05, 0) is 6.08 Å². The number of hydrogen-bond donors (Lipinski definition) is 3. The van der Waals surface area contributed by atoms with Gasteiger partial charge in [0.2, 0.25) is 0 Å². The Labute approximate surface area is 115 Å². The van der Waals surface area contributed by atoms with Crippen LogP contribution in [0.25, 0.3) is 0 Å². The maximum Gasteiger partial charge on any atom is 0.323 e. The van der Waals surface area contributed by atoms with Crippen LogP contribution in [-0.2, 0) is 14.4 Å². The number of rotatable bonds is 5. The molecule has 1 aliphatic rings. The molecule has 0 unspecified atom stereocenters. The molecule has 0 aliphatic carbocycles. The maximum atomic E-state index is 11.8. The Bertz CT molecular complexity index is 411. The molecule has 1 saturated heterocycles. The zero-order valence-corrected chi connectivity index (χ0v) is 11.1. The first kappa shape index (κ1) is 16.1. The van der Waals surface area contributed by atoms with Crippen LogP contribution in [-0.4, -0.2) is 72.3 Å². The third kappa shape index (κ3) is 3.32. The Kier molecular flexibility index (Phi) is 6.10. The van der Waals surface area contributed by atoms with E-state index in [9.17, 15) is 14.7 Å². The Hall–Kier alpha value is -1.97. The van der Waals surface area contributed by atoms with Gasteiger partial charge in [0.05, 0.1) is 6.61 Å². The van der Waals surface area contributed by atoms with Crippen LogP contribution in [0.5, 0.6) is 0 Å². The average molecular weight is 287 g/mol. The fourth-order valence-corrected chi connectivity index (χ4v) is 1.71. The first-order valence-corrected chi connectivity index (χ1v) is 5.78. The van der Waals surface area contributed by atoms with Crippen LogP contribution >= 0.6 is 0 Å². The molecule has 20 heavy (non-hydrogen) atoms. The number of aliphatic hydroxyl groups excluding tert-OH is 2. The molecule has 0 aromatic carbocycles. The quantitative estimate of drug-likeness (QED) is 0.319. The molecule has 112 valence electrons. The molecule has 1 fully saturated rings. The van der Waals surface area contributed by atoms with Crippen LogP contribution in [0.3, 0.4) is 0 Å². The van der Waals surface area contributed by atoms with Gasteiger partial charge >= 0.3 is 6.03 Å². The number of nitrogens with zero attached hydrogens (tertiary/aromatic N) is 2. The first-order chi connectivity index (χ1) is 9.60. The van der Waals surface area contributed by atoms with Crippen molar-refractivity contribution < 1.29 is 29.4 Å². The van der Waals surface area contributed by atoms with Gasteiger partial charge in [-0.25, -0.2) is 4.79 Å². The van der Waals surface area contributed by atoms with Gasteiger partial charge in [-0.2, -0.15) is 0 Å². The SMILES string of the molecule is CNC(=O)N(/C=C\C=O)[C@@H]1O[C@H](CO)[C@@H](O)/C1=N/OC. The van der Waals surface area contributed by atoms with Crippen molar-refractivity contribution in [2.45, 2.75) is 18.4 Å². The molecule has 0 saturated carbocycles. The van der Waals surface area contributed by atoms with E-state index in [1.54, 1.807) is 0 Å². The lowest BCUT2D eigenvalue weighted by molar-refractivity contribution is -0.104. The highest BCUT2D eigenvalue weighted by atomic mass is 16.6. The summed E-state index contributed by atoms with van der Waals surface area (Å²) in [4.78, 5) is 27.8. The maximum absolute atomic E-state index is 11.8. The van der Waals surface area contributed by atoms with E-state index in [2.05, 4.69) is 15.3 Å². The van der Waals surface area contributed by atoms with Crippen LogP contribution in [0.1, 0.15) is 0 Å². The lowest BCUT2D eigenvalue weighted by Crippen LogP contribution is -2.45. The summed E-state index contributed by atoms with van der Waals surface area (Å²) in [6.07, 6.45) is -0.501. The number of allylic oxidation sites excluding steroid dienone is 1. The van der Waals surface area contributed by atoms with Gasteiger partial charge in [0, 0.05) is 13.2 Å². The number of nitrogens with one attached hydrogen (secondary N) is 1. The van der Waals surface area contributed by atoms with Crippen molar-refractivity contribution in [3.8, 4) is 0 Å². The van der Waals surface area contributed by atoms with Gasteiger partial charge in [0.15, 0.2) is 6.23 Å². The molecule has 0 radical (unpaired) electrons. The minimum atomic E-state index is -1.22. The topological polar surface area (TPSA) is 121 Å². The second kappa shape index (κ2) is 7.58. The highest BCUT2D eigenvalue weighted by Crippen LogP contribution is 2.22. The van der Waals surface area contributed by atoms with E-state index in [1.165, 1.54) is 20.4 Å². The van der Waals surface area contributed by atoms with Crippen LogP contribution in [0.4, 0.5) is 4.79 Å². The smallest absolute Gasteiger partial charge is 0.323 e. The summed E-state index contributed by atoms with van der Waals surface area (Å²) < 4.78 is 5.36. The third-order valence-corrected chi connectivity index (χ3v) is 2.61. The minimum absolute atomic E-state index is 0.0192. The molecule has 9 heteroatoms. The van der Waals surface area contributed by atoms with Crippen molar-refractivity contribution in [1.29, 1.82) is 0 Å². The van der Waals surface area contributed by atoms with E-state index in [4.69, 9.17) is 9.84 Å². The van der Waals surface area contributed by atoms with Gasteiger partial charge in [-0.15, -0.1) is 0 Å². The monoisotopic (exact) mass is 287 g/mol. The van der Waals surface area contributed by atoms with E-state index >= 15 is 0 Å². The summed E-state index contributed by atoms with van der Waals surface area (Å²) in [5.74, 6) is 0. The second-order valence-corrected chi connectivity index (χ2v) is 3.79. The van der Waals surface area contributed by atoms with Crippen LogP contribution in [0.2, 0.25) is 0 Å². The molecule has 1 rings (SSSR count). The Balaban J connectivity index is 3.09. The number of aldehydes is 1. The summed E-state index contributed by atoms with van der Waals surface area (Å²) in [6.45, 7) is -0.459. The van der Waals surface area contributed by atoms with E-state index in [0.717, 1.165) is 11.0 Å². The number of carbonyl (C=O) groups is 2. The number of amides is 2. The molecular formula is C11H17N3O6. The fraction of sp³-hybridized carbons (Fsp3) is 0.545. The molecule has 1 aliphatic heterocycles. The van der Waals surface area contributed by atoms with Crippen molar-refractivity contribution in [3.63, 3.8) is 0 Å². The zero-order valence-electron chi connectivity index (χ0n) is 11.1. The van der Waals surface area contributed by atoms with Gasteiger partial charge in [0.1, 0.15) is 31.3 Å². The number of hydrogen-bond acceptors (Lipinski definition) is 7. The number of oxime groups is 1. The summed E-state index contributed by atoms with van der Waals surface area (Å²) >= 11 is 0. The third-order valence-electron chi connectivity index (χ3n) is 2.61. The van der Waals surface area contributed by atoms with Gasteiger partial charge in [0.25, 0.3) is 0 Å². The molecule has 0 aromatic rings. The predicted octanol–water partition coefficient (Wildman–Crippen LogP) is -1.58. The largest absolute Gasteiger partial charge is 0.399 e. The molecule has 3 N–H and O–H groups in total. The summed E-state index contributed by atoms with van der Waals surface area (Å²) in [7, 11) is 2.67. The van der Waals surface area contributed by atoms with Crippen molar-refractivity contribution >= 4 is 18.0 Å². The molecule has 1 heterocycles. The molecular weight excluding hydrogens is 270 g/mol. The summed E-state index contributed by atoms with van der Waals surface area (Å²) in [5.41, 5.74) is 0.0192. The zero-order chi connectivity index (χ0) is 15.1. The molecule has 2 amide bonds. The standard InChI is InChI=1S/C11H17N3O6/c1-12-11(18)14(4-3-5-15)10-8(13-19-2)9(17)7(6-16)20-10/h3-5,7,9-10,16-17H,6H2,1-2H3,(H,12,18)/b4-3-,13-8-/t7-,9-,10-/m1/s1. The molecule has 9 nitrogen and oxygen atoms in total. The van der Waals surface area contributed by atoms with E-state index in [1.807, 2.05) is 0 Å². The van der Waals surface area contributed by atoms with Gasteiger partial charge < -0.3 is 25.1 Å². The highest BCUT2D eigenvalue weighted by molar-refractivity contribution is 5.97. The van der Waals surface area contributed by atoms with Crippen molar-refractivity contribution in [1.82, 2.24) is 10.2 Å². The summed E-state index contributed by atoms with van der Waals surface area (Å²) in [6, 6.07) is -0.581. The first-order valence-electron chi connectivity index (χ1n) is 5.78. The van der Waals surface area contributed by atoms with Gasteiger partial charge in [-0.3, -0.25) is 9.69 Å². The normalized spacial score (nSPS) is 27.8. The van der Waals surface area contributed by atoms with Crippen molar-refractivity contribution in [2.75, 3.05) is 20.8 Å². The van der Waals surface area contributed by atoms with Gasteiger partial charge in [-0.1, -0.05) is 5.16 Å². The second-order valence-electron chi connectivity index (χ2n) is 3.79. The molecule has 0 spiro atoms. The van der Waals surface area contributed by atoms with E-state index in [-0.39, 0.29) is 5.71 Å². The van der Waals surface area contributed by atoms with Crippen LogP contribution in [0, 0.1) is 0 Å².